The van der Waals surface area contributed by atoms with Crippen molar-refractivity contribution in [2.75, 3.05) is 0 Å². The SMILES string of the molecule is FC(F)=C1[C@@H](CCCc2ccccc2)C[C@H]1c1ccc(Cl)cc1. The fourth-order valence-electron chi connectivity index (χ4n) is 3.43. The van der Waals surface area contributed by atoms with Crippen LogP contribution in [0.25, 0.3) is 0 Å². The minimum absolute atomic E-state index is 0.0180. The highest BCUT2D eigenvalue weighted by atomic mass is 35.5. The van der Waals surface area contributed by atoms with Crippen molar-refractivity contribution >= 4 is 11.6 Å². The molecule has 1 saturated carbocycles. The largest absolute Gasteiger partial charge is 0.270 e. The third kappa shape index (κ3) is 3.81. The number of rotatable bonds is 5. The molecule has 120 valence electrons. The molecule has 0 spiro atoms. The second-order valence-electron chi connectivity index (χ2n) is 6.13. The van der Waals surface area contributed by atoms with E-state index in [0.717, 1.165) is 31.2 Å². The Kier molecular flexibility index (Phi) is 5.12. The van der Waals surface area contributed by atoms with E-state index in [9.17, 15) is 8.78 Å². The van der Waals surface area contributed by atoms with Gasteiger partial charge in [-0.05, 0) is 54.9 Å². The molecule has 0 amide bonds. The van der Waals surface area contributed by atoms with Crippen LogP contribution in [0.4, 0.5) is 8.78 Å². The van der Waals surface area contributed by atoms with Gasteiger partial charge in [0.15, 0.2) is 0 Å². The van der Waals surface area contributed by atoms with Gasteiger partial charge in [-0.2, -0.15) is 8.78 Å². The molecule has 0 N–H and O–H groups in total. The topological polar surface area (TPSA) is 0 Å². The Morgan fingerprint density at radius 1 is 1.00 bits per heavy atom. The van der Waals surface area contributed by atoms with E-state index in [2.05, 4.69) is 12.1 Å². The lowest BCUT2D eigenvalue weighted by atomic mass is 9.65. The van der Waals surface area contributed by atoms with Gasteiger partial charge in [0.2, 0.25) is 0 Å². The Bertz CT molecular complexity index is 673. The standard InChI is InChI=1S/C20H19ClF2/c21-17-11-9-15(10-12-17)18-13-16(19(18)20(22)23)8-4-7-14-5-2-1-3-6-14/h1-3,5-6,9-12,16,18H,4,7-8,13H2/t16-,18-/m0/s1. The lowest BCUT2D eigenvalue weighted by Gasteiger charge is -2.38. The Labute approximate surface area is 140 Å². The van der Waals surface area contributed by atoms with Crippen LogP contribution in [0.15, 0.2) is 66.3 Å². The second-order valence-corrected chi connectivity index (χ2v) is 6.57. The number of benzene rings is 2. The molecule has 1 fully saturated rings. The smallest absolute Gasteiger partial charge is 0.173 e. The van der Waals surface area contributed by atoms with Crippen LogP contribution < -0.4 is 0 Å². The summed E-state index contributed by atoms with van der Waals surface area (Å²) >= 11 is 5.87. The van der Waals surface area contributed by atoms with Crippen molar-refractivity contribution in [2.45, 2.75) is 31.6 Å². The molecule has 0 nitrogen and oxygen atoms in total. The quantitative estimate of drug-likeness (QED) is 0.577. The summed E-state index contributed by atoms with van der Waals surface area (Å²) in [6.45, 7) is 0. The van der Waals surface area contributed by atoms with Gasteiger partial charge in [-0.25, -0.2) is 0 Å². The molecule has 0 bridgehead atoms. The van der Waals surface area contributed by atoms with Gasteiger partial charge in [0.1, 0.15) is 0 Å². The number of hydrogen-bond donors (Lipinski definition) is 0. The molecule has 2 aromatic carbocycles. The average Bonchev–Trinajstić information content (AvgIpc) is 2.52. The average molecular weight is 333 g/mol. The molecule has 0 aromatic heterocycles. The summed E-state index contributed by atoms with van der Waals surface area (Å²) in [5.74, 6) is -0.122. The van der Waals surface area contributed by atoms with Crippen LogP contribution in [0.5, 0.6) is 0 Å². The molecule has 3 rings (SSSR count). The Balaban J connectivity index is 1.60. The molecule has 2 aromatic rings. The molecule has 0 heterocycles. The summed E-state index contributed by atoms with van der Waals surface area (Å²) in [5.41, 5.74) is 2.55. The van der Waals surface area contributed by atoms with E-state index in [1.807, 2.05) is 30.3 Å². The van der Waals surface area contributed by atoms with Gasteiger partial charge in [-0.3, -0.25) is 0 Å². The molecular formula is C20H19ClF2. The summed E-state index contributed by atoms with van der Waals surface area (Å²) in [6.07, 6.45) is 2.03. The highest BCUT2D eigenvalue weighted by Crippen LogP contribution is 2.51. The van der Waals surface area contributed by atoms with Crippen LogP contribution in [0.3, 0.4) is 0 Å². The van der Waals surface area contributed by atoms with Gasteiger partial charge in [-0.1, -0.05) is 54.1 Å². The Morgan fingerprint density at radius 2 is 1.70 bits per heavy atom. The first-order valence-electron chi connectivity index (χ1n) is 7.99. The van der Waals surface area contributed by atoms with Crippen LogP contribution in [-0.4, -0.2) is 0 Å². The molecule has 23 heavy (non-hydrogen) atoms. The van der Waals surface area contributed by atoms with E-state index in [4.69, 9.17) is 11.6 Å². The minimum atomic E-state index is -1.50. The molecule has 1 aliphatic rings. The molecule has 0 saturated heterocycles. The van der Waals surface area contributed by atoms with E-state index in [-0.39, 0.29) is 11.8 Å². The van der Waals surface area contributed by atoms with Crippen LogP contribution in [0.1, 0.15) is 36.3 Å². The predicted molar refractivity (Wildman–Crippen MR) is 90.9 cm³/mol. The van der Waals surface area contributed by atoms with Crippen LogP contribution in [0.2, 0.25) is 5.02 Å². The van der Waals surface area contributed by atoms with Gasteiger partial charge < -0.3 is 0 Å². The van der Waals surface area contributed by atoms with E-state index < -0.39 is 6.08 Å². The zero-order chi connectivity index (χ0) is 16.2. The maximum atomic E-state index is 13.3. The van der Waals surface area contributed by atoms with Crippen molar-refractivity contribution in [3.05, 3.63) is 82.4 Å². The number of hydrogen-bond acceptors (Lipinski definition) is 0. The fraction of sp³-hybridized carbons (Fsp3) is 0.300. The first-order valence-corrected chi connectivity index (χ1v) is 8.37. The summed E-state index contributed by atoms with van der Waals surface area (Å²) in [5, 5.41) is 0.638. The summed E-state index contributed by atoms with van der Waals surface area (Å²) in [6, 6.07) is 17.5. The molecule has 0 unspecified atom stereocenters. The number of aryl methyl sites for hydroxylation is 1. The summed E-state index contributed by atoms with van der Waals surface area (Å²) in [7, 11) is 0. The van der Waals surface area contributed by atoms with Gasteiger partial charge in [-0.15, -0.1) is 0 Å². The van der Waals surface area contributed by atoms with Crippen molar-refractivity contribution in [3.63, 3.8) is 0 Å². The monoisotopic (exact) mass is 332 g/mol. The number of halogens is 3. The predicted octanol–water partition coefficient (Wildman–Crippen LogP) is 6.62. The molecular weight excluding hydrogens is 314 g/mol. The maximum absolute atomic E-state index is 13.3. The van der Waals surface area contributed by atoms with Crippen LogP contribution in [-0.2, 0) is 6.42 Å². The molecule has 3 heteroatoms. The molecule has 1 aliphatic carbocycles. The van der Waals surface area contributed by atoms with Crippen molar-refractivity contribution in [1.29, 1.82) is 0 Å². The third-order valence-electron chi connectivity index (χ3n) is 4.69. The normalized spacial score (nSPS) is 20.2. The van der Waals surface area contributed by atoms with E-state index in [1.54, 1.807) is 12.1 Å². The van der Waals surface area contributed by atoms with Crippen molar-refractivity contribution in [1.82, 2.24) is 0 Å². The Hall–Kier alpha value is -1.67. The second kappa shape index (κ2) is 7.27. The van der Waals surface area contributed by atoms with Crippen LogP contribution in [0, 0.1) is 5.92 Å². The van der Waals surface area contributed by atoms with Gasteiger partial charge in [0.25, 0.3) is 6.08 Å². The van der Waals surface area contributed by atoms with Crippen LogP contribution >= 0.6 is 11.6 Å². The first kappa shape index (κ1) is 16.2. The van der Waals surface area contributed by atoms with E-state index in [0.29, 0.717) is 10.6 Å². The minimum Gasteiger partial charge on any atom is -0.173 e. The molecule has 2 atom stereocenters. The van der Waals surface area contributed by atoms with Crippen molar-refractivity contribution < 1.29 is 8.78 Å². The zero-order valence-corrected chi connectivity index (χ0v) is 13.6. The zero-order valence-electron chi connectivity index (χ0n) is 12.8. The number of allylic oxidation sites excluding steroid dienone is 1. The van der Waals surface area contributed by atoms with Crippen molar-refractivity contribution in [2.24, 2.45) is 5.92 Å². The van der Waals surface area contributed by atoms with E-state index in [1.165, 1.54) is 5.56 Å². The van der Waals surface area contributed by atoms with Gasteiger partial charge in [0, 0.05) is 16.5 Å². The van der Waals surface area contributed by atoms with E-state index >= 15 is 0 Å². The summed E-state index contributed by atoms with van der Waals surface area (Å²) < 4.78 is 26.7. The lowest BCUT2D eigenvalue weighted by molar-refractivity contribution is 0.299. The third-order valence-corrected chi connectivity index (χ3v) is 4.94. The first-order chi connectivity index (χ1) is 11.1. The van der Waals surface area contributed by atoms with Gasteiger partial charge in [0.05, 0.1) is 0 Å². The maximum Gasteiger partial charge on any atom is 0.270 e. The van der Waals surface area contributed by atoms with Gasteiger partial charge >= 0.3 is 0 Å². The molecule has 0 aliphatic heterocycles. The highest BCUT2D eigenvalue weighted by molar-refractivity contribution is 6.30. The molecule has 0 radical (unpaired) electrons. The van der Waals surface area contributed by atoms with Crippen molar-refractivity contribution in [3.8, 4) is 0 Å². The fourth-order valence-corrected chi connectivity index (χ4v) is 3.56. The summed E-state index contributed by atoms with van der Waals surface area (Å²) in [4.78, 5) is 0. The highest BCUT2D eigenvalue weighted by Gasteiger charge is 2.39. The Morgan fingerprint density at radius 3 is 2.35 bits per heavy atom. The lowest BCUT2D eigenvalue weighted by Crippen LogP contribution is -2.27.